The molecule has 0 aliphatic carbocycles. The van der Waals surface area contributed by atoms with Crippen LogP contribution >= 0.6 is 0 Å². The number of pyridine rings is 1. The van der Waals surface area contributed by atoms with E-state index >= 15 is 0 Å². The predicted octanol–water partition coefficient (Wildman–Crippen LogP) is 3.50. The van der Waals surface area contributed by atoms with Crippen LogP contribution in [0.25, 0.3) is 11.1 Å². The van der Waals surface area contributed by atoms with Crippen LogP contribution < -0.4 is 0 Å². The van der Waals surface area contributed by atoms with Crippen molar-refractivity contribution in [1.82, 2.24) is 9.88 Å². The van der Waals surface area contributed by atoms with Crippen LogP contribution in [0.2, 0.25) is 0 Å². The summed E-state index contributed by atoms with van der Waals surface area (Å²) >= 11 is 0. The molecule has 1 N–H and O–H groups in total. The van der Waals surface area contributed by atoms with Crippen LogP contribution in [-0.4, -0.2) is 32.8 Å². The first-order valence-electron chi connectivity index (χ1n) is 7.54. The van der Waals surface area contributed by atoms with Gasteiger partial charge in [0.15, 0.2) is 0 Å². The molecule has 0 radical (unpaired) electrons. The van der Waals surface area contributed by atoms with Crippen molar-refractivity contribution in [3.05, 3.63) is 54.4 Å². The lowest BCUT2D eigenvalue weighted by atomic mass is 9.87. The Hall–Kier alpha value is -3.53. The maximum atomic E-state index is 12.1. The Labute approximate surface area is 143 Å². The molecular formula is C18H14N4O3. The fraction of sp³-hybridized carbons (Fsp3) is 0.167. The monoisotopic (exact) mass is 334 g/mol. The van der Waals surface area contributed by atoms with E-state index in [-0.39, 0.29) is 0 Å². The third-order valence-electron chi connectivity index (χ3n) is 4.11. The van der Waals surface area contributed by atoms with Crippen molar-refractivity contribution < 1.29 is 14.7 Å². The van der Waals surface area contributed by atoms with E-state index in [1.54, 1.807) is 37.5 Å². The number of benzene rings is 1. The summed E-state index contributed by atoms with van der Waals surface area (Å²) in [5.41, 5.74) is 2.62. The molecule has 0 spiro atoms. The molecular weight excluding hydrogens is 320 g/mol. The van der Waals surface area contributed by atoms with Crippen LogP contribution in [0.5, 0.6) is 0 Å². The summed E-state index contributed by atoms with van der Waals surface area (Å²) in [4.78, 5) is 32.0. The molecule has 1 aromatic carbocycles. The predicted molar refractivity (Wildman–Crippen MR) is 89.9 cm³/mol. The molecule has 0 bridgehead atoms. The SMILES string of the molecule is CC1=NC(=O)N(C(=O)O)C(c2cccc(-c3ccncc3)c2)C1C#N. The zero-order chi connectivity index (χ0) is 18.0. The lowest BCUT2D eigenvalue weighted by Gasteiger charge is -2.33. The van der Waals surface area contributed by atoms with Gasteiger partial charge < -0.3 is 5.11 Å². The van der Waals surface area contributed by atoms with E-state index < -0.39 is 24.1 Å². The normalized spacial score (nSPS) is 19.9. The van der Waals surface area contributed by atoms with Crippen molar-refractivity contribution in [2.75, 3.05) is 0 Å². The smallest absolute Gasteiger partial charge is 0.416 e. The number of carbonyl (C=O) groups excluding carboxylic acids is 1. The summed E-state index contributed by atoms with van der Waals surface area (Å²) in [6.07, 6.45) is 1.88. The van der Waals surface area contributed by atoms with Gasteiger partial charge in [-0.05, 0) is 41.8 Å². The molecule has 7 heteroatoms. The lowest BCUT2D eigenvalue weighted by Crippen LogP contribution is -2.46. The zero-order valence-electron chi connectivity index (χ0n) is 13.3. The maximum Gasteiger partial charge on any atom is 0.416 e. The number of carboxylic acid groups (broad SMARTS) is 1. The van der Waals surface area contributed by atoms with Crippen LogP contribution in [0.15, 0.2) is 53.8 Å². The van der Waals surface area contributed by atoms with Gasteiger partial charge in [-0.2, -0.15) is 5.26 Å². The van der Waals surface area contributed by atoms with Crippen molar-refractivity contribution in [1.29, 1.82) is 5.26 Å². The van der Waals surface area contributed by atoms with E-state index in [1.165, 1.54) is 0 Å². The Balaban J connectivity index is 2.12. The Kier molecular flexibility index (Phi) is 4.27. The number of imide groups is 1. The molecule has 1 aliphatic rings. The number of rotatable bonds is 2. The van der Waals surface area contributed by atoms with E-state index in [0.29, 0.717) is 16.2 Å². The van der Waals surface area contributed by atoms with Crippen molar-refractivity contribution in [2.45, 2.75) is 13.0 Å². The first kappa shape index (κ1) is 16.3. The Bertz CT molecular complexity index is 902. The Morgan fingerprint density at radius 3 is 2.60 bits per heavy atom. The van der Waals surface area contributed by atoms with Gasteiger partial charge in [0.1, 0.15) is 5.92 Å². The highest BCUT2D eigenvalue weighted by molar-refractivity contribution is 6.04. The molecule has 0 saturated heterocycles. The molecule has 3 amide bonds. The number of nitriles is 1. The average Bonchev–Trinajstić information content (AvgIpc) is 2.61. The molecule has 124 valence electrons. The summed E-state index contributed by atoms with van der Waals surface area (Å²) in [5, 5.41) is 18.9. The number of aliphatic imine (C=N–C) groups is 1. The van der Waals surface area contributed by atoms with Crippen LogP contribution in [0.3, 0.4) is 0 Å². The maximum absolute atomic E-state index is 12.1. The van der Waals surface area contributed by atoms with Gasteiger partial charge in [-0.15, -0.1) is 0 Å². The minimum Gasteiger partial charge on any atom is -0.465 e. The summed E-state index contributed by atoms with van der Waals surface area (Å²) in [6.45, 7) is 1.56. The number of carbonyl (C=O) groups is 2. The first-order valence-corrected chi connectivity index (χ1v) is 7.54. The second kappa shape index (κ2) is 6.53. The van der Waals surface area contributed by atoms with Gasteiger partial charge in [0.05, 0.1) is 12.1 Å². The molecule has 1 aliphatic heterocycles. The topological polar surface area (TPSA) is 107 Å². The molecule has 2 atom stereocenters. The largest absolute Gasteiger partial charge is 0.465 e. The number of amides is 3. The van der Waals surface area contributed by atoms with E-state index in [1.807, 2.05) is 18.2 Å². The number of urea groups is 1. The van der Waals surface area contributed by atoms with Crippen molar-refractivity contribution in [3.8, 4) is 17.2 Å². The van der Waals surface area contributed by atoms with Gasteiger partial charge in [-0.1, -0.05) is 18.2 Å². The van der Waals surface area contributed by atoms with Crippen molar-refractivity contribution in [2.24, 2.45) is 10.9 Å². The molecule has 0 fully saturated rings. The number of hydrogen-bond acceptors (Lipinski definition) is 4. The highest BCUT2D eigenvalue weighted by Gasteiger charge is 2.42. The third kappa shape index (κ3) is 2.97. The minimum absolute atomic E-state index is 0.310. The van der Waals surface area contributed by atoms with Gasteiger partial charge in [-0.3, -0.25) is 4.98 Å². The molecule has 2 aromatic rings. The quantitative estimate of drug-likeness (QED) is 0.904. The summed E-state index contributed by atoms with van der Waals surface area (Å²) in [7, 11) is 0. The van der Waals surface area contributed by atoms with Crippen LogP contribution in [0.1, 0.15) is 18.5 Å². The molecule has 2 unspecified atom stereocenters. The summed E-state index contributed by atoms with van der Waals surface area (Å²) < 4.78 is 0. The number of nitrogens with zero attached hydrogens (tertiary/aromatic N) is 4. The molecule has 0 saturated carbocycles. The lowest BCUT2D eigenvalue weighted by molar-refractivity contribution is 0.129. The van der Waals surface area contributed by atoms with Gasteiger partial charge >= 0.3 is 12.1 Å². The second-order valence-corrected chi connectivity index (χ2v) is 5.60. The van der Waals surface area contributed by atoms with Gasteiger partial charge in [0, 0.05) is 18.1 Å². The van der Waals surface area contributed by atoms with Crippen molar-refractivity contribution in [3.63, 3.8) is 0 Å². The average molecular weight is 334 g/mol. The highest BCUT2D eigenvalue weighted by Crippen LogP contribution is 2.35. The molecule has 1 aromatic heterocycles. The first-order chi connectivity index (χ1) is 12.0. The number of aromatic nitrogens is 1. The fourth-order valence-corrected chi connectivity index (χ4v) is 2.92. The Morgan fingerprint density at radius 2 is 1.96 bits per heavy atom. The van der Waals surface area contributed by atoms with Crippen LogP contribution in [0, 0.1) is 17.2 Å². The van der Waals surface area contributed by atoms with Crippen LogP contribution in [0.4, 0.5) is 9.59 Å². The summed E-state index contributed by atoms with van der Waals surface area (Å²) in [6, 6.07) is 11.0. The molecule has 7 nitrogen and oxygen atoms in total. The van der Waals surface area contributed by atoms with Crippen LogP contribution in [-0.2, 0) is 0 Å². The molecule has 3 rings (SSSR count). The second-order valence-electron chi connectivity index (χ2n) is 5.60. The highest BCUT2D eigenvalue weighted by atomic mass is 16.4. The Morgan fingerprint density at radius 1 is 1.24 bits per heavy atom. The van der Waals surface area contributed by atoms with E-state index in [0.717, 1.165) is 11.1 Å². The van der Waals surface area contributed by atoms with E-state index in [2.05, 4.69) is 16.0 Å². The molecule has 2 heterocycles. The van der Waals surface area contributed by atoms with Gasteiger partial charge in [0.2, 0.25) is 0 Å². The van der Waals surface area contributed by atoms with Crippen molar-refractivity contribution >= 4 is 17.8 Å². The van der Waals surface area contributed by atoms with E-state index in [9.17, 15) is 20.0 Å². The number of hydrogen-bond donors (Lipinski definition) is 1. The third-order valence-corrected chi connectivity index (χ3v) is 4.11. The van der Waals surface area contributed by atoms with Gasteiger partial charge in [0.25, 0.3) is 0 Å². The summed E-state index contributed by atoms with van der Waals surface area (Å²) in [5.74, 6) is -0.832. The van der Waals surface area contributed by atoms with E-state index in [4.69, 9.17) is 0 Å². The molecule has 25 heavy (non-hydrogen) atoms. The fourth-order valence-electron chi connectivity index (χ4n) is 2.92. The van der Waals surface area contributed by atoms with Gasteiger partial charge in [-0.25, -0.2) is 19.5 Å². The standard InChI is InChI=1S/C18H14N4O3/c1-11-15(10-19)16(22(18(24)25)17(23)21-11)14-4-2-3-13(9-14)12-5-7-20-8-6-12/h2-9,15-16H,1H3,(H,24,25). The zero-order valence-corrected chi connectivity index (χ0v) is 13.3. The minimum atomic E-state index is -1.43.